The van der Waals surface area contributed by atoms with Crippen LogP contribution in [0.5, 0.6) is 0 Å². The fourth-order valence-electron chi connectivity index (χ4n) is 1.74. The van der Waals surface area contributed by atoms with Crippen LogP contribution < -0.4 is 0 Å². The van der Waals surface area contributed by atoms with Crippen LogP contribution in [0.15, 0.2) is 24.4 Å². The maximum Gasteiger partial charge on any atom is 0.341 e. The van der Waals surface area contributed by atoms with Crippen LogP contribution in [-0.2, 0) is 4.74 Å². The molecule has 0 atom stereocenters. The number of fused-ring (bicyclic) bond motifs is 1. The quantitative estimate of drug-likeness (QED) is 0.790. The number of aromatic nitrogens is 1. The molecule has 0 aliphatic heterocycles. The van der Waals surface area contributed by atoms with E-state index in [2.05, 4.69) is 4.98 Å². The van der Waals surface area contributed by atoms with Crippen molar-refractivity contribution in [3.63, 3.8) is 0 Å². The first-order valence-corrected chi connectivity index (χ1v) is 6.80. The molecule has 0 aliphatic carbocycles. The fraction of sp³-hybridized carbons (Fsp3) is 0.286. The second-order valence-electron chi connectivity index (χ2n) is 4.59. The van der Waals surface area contributed by atoms with E-state index in [-0.39, 0.29) is 18.0 Å². The molecular formula is C14H15Cl3N2O2. The fourth-order valence-corrected chi connectivity index (χ4v) is 2.13. The van der Waals surface area contributed by atoms with Gasteiger partial charge in [-0.2, -0.15) is 0 Å². The van der Waals surface area contributed by atoms with Crippen molar-refractivity contribution in [2.75, 3.05) is 27.2 Å². The van der Waals surface area contributed by atoms with Crippen LogP contribution in [0.1, 0.15) is 10.4 Å². The van der Waals surface area contributed by atoms with Gasteiger partial charge in [-0.1, -0.05) is 29.3 Å². The van der Waals surface area contributed by atoms with Gasteiger partial charge >= 0.3 is 5.97 Å². The average Bonchev–Trinajstić information content (AvgIpc) is 2.38. The molecule has 2 rings (SSSR count). The van der Waals surface area contributed by atoms with E-state index in [1.54, 1.807) is 18.2 Å². The number of benzene rings is 1. The number of rotatable bonds is 4. The third kappa shape index (κ3) is 4.45. The average molecular weight is 350 g/mol. The Hall–Kier alpha value is -1.07. The molecule has 0 aliphatic rings. The second kappa shape index (κ2) is 7.80. The summed E-state index contributed by atoms with van der Waals surface area (Å²) in [6, 6.07) is 5.15. The molecule has 0 radical (unpaired) electrons. The van der Waals surface area contributed by atoms with Crippen molar-refractivity contribution in [2.24, 2.45) is 0 Å². The first kappa shape index (κ1) is 18.0. The molecule has 4 nitrogen and oxygen atoms in total. The van der Waals surface area contributed by atoms with Crippen molar-refractivity contribution in [3.8, 4) is 0 Å². The second-order valence-corrected chi connectivity index (χ2v) is 5.43. The van der Waals surface area contributed by atoms with Gasteiger partial charge < -0.3 is 9.64 Å². The molecule has 1 heterocycles. The third-order valence-electron chi connectivity index (χ3n) is 2.74. The molecule has 21 heavy (non-hydrogen) atoms. The number of halogens is 3. The minimum atomic E-state index is -0.475. The van der Waals surface area contributed by atoms with Crippen molar-refractivity contribution in [3.05, 3.63) is 40.0 Å². The van der Waals surface area contributed by atoms with Crippen LogP contribution in [0.25, 0.3) is 10.9 Å². The smallest absolute Gasteiger partial charge is 0.341 e. The van der Waals surface area contributed by atoms with E-state index in [1.165, 1.54) is 6.20 Å². The summed E-state index contributed by atoms with van der Waals surface area (Å²) in [6.45, 7) is 0.944. The maximum atomic E-state index is 12.1. The first-order valence-electron chi connectivity index (χ1n) is 6.04. The van der Waals surface area contributed by atoms with Gasteiger partial charge in [-0.25, -0.2) is 4.79 Å². The number of hydrogen-bond donors (Lipinski definition) is 0. The Bertz CT molecular complexity index is 647. The number of pyridine rings is 1. The van der Waals surface area contributed by atoms with Gasteiger partial charge in [0, 0.05) is 18.1 Å². The van der Waals surface area contributed by atoms with Crippen LogP contribution in [0.4, 0.5) is 0 Å². The summed E-state index contributed by atoms with van der Waals surface area (Å²) in [6.07, 6.45) is 1.48. The van der Waals surface area contributed by atoms with Gasteiger partial charge in [-0.15, -0.1) is 12.4 Å². The summed E-state index contributed by atoms with van der Waals surface area (Å²) < 4.78 is 5.22. The van der Waals surface area contributed by atoms with E-state index in [9.17, 15) is 4.79 Å². The summed E-state index contributed by atoms with van der Waals surface area (Å²) >= 11 is 12.0. The molecule has 0 bridgehead atoms. The van der Waals surface area contributed by atoms with Crippen molar-refractivity contribution in [1.29, 1.82) is 0 Å². The van der Waals surface area contributed by atoms with Gasteiger partial charge in [-0.3, -0.25) is 4.98 Å². The predicted octanol–water partition coefficient (Wildman–Crippen LogP) is 3.68. The summed E-state index contributed by atoms with van der Waals surface area (Å²) in [5.41, 5.74) is 0.774. The topological polar surface area (TPSA) is 42.4 Å². The van der Waals surface area contributed by atoms with Crippen molar-refractivity contribution < 1.29 is 9.53 Å². The number of hydrogen-bond acceptors (Lipinski definition) is 4. The standard InChI is InChI=1S/C14H14Cl2N2O2.ClH/c1-18(2)5-6-20-14(19)12-11(16)4-3-9-7-10(15)8-17-13(9)12;/h3-4,7-8H,5-6H2,1-2H3;1H. The summed E-state index contributed by atoms with van der Waals surface area (Å²) in [4.78, 5) is 18.3. The Labute approximate surface area is 139 Å². The number of carbonyl (C=O) groups is 1. The molecule has 0 spiro atoms. The molecule has 7 heteroatoms. The third-order valence-corrected chi connectivity index (χ3v) is 3.27. The summed E-state index contributed by atoms with van der Waals surface area (Å²) in [5.74, 6) is -0.475. The molecule has 0 saturated heterocycles. The zero-order chi connectivity index (χ0) is 14.7. The van der Waals surface area contributed by atoms with Crippen LogP contribution in [0.3, 0.4) is 0 Å². The SMILES string of the molecule is CN(C)CCOC(=O)c1c(Cl)ccc2cc(Cl)cnc12.Cl. The van der Waals surface area contributed by atoms with Gasteiger partial charge in [0.15, 0.2) is 0 Å². The minimum absolute atomic E-state index is 0. The zero-order valence-electron chi connectivity index (χ0n) is 11.6. The highest BCUT2D eigenvalue weighted by atomic mass is 35.5. The number of esters is 1. The highest BCUT2D eigenvalue weighted by Crippen LogP contribution is 2.27. The molecule has 1 aromatic carbocycles. The Kier molecular flexibility index (Phi) is 6.68. The molecule has 0 amide bonds. The highest BCUT2D eigenvalue weighted by molar-refractivity contribution is 6.35. The Balaban J connectivity index is 0.00000220. The lowest BCUT2D eigenvalue weighted by atomic mass is 10.1. The maximum absolute atomic E-state index is 12.1. The number of carbonyl (C=O) groups excluding carboxylic acids is 1. The van der Waals surface area contributed by atoms with Gasteiger partial charge in [0.05, 0.1) is 15.6 Å². The molecule has 1 aromatic heterocycles. The molecule has 0 unspecified atom stereocenters. The van der Waals surface area contributed by atoms with Crippen LogP contribution in [0.2, 0.25) is 10.0 Å². The van der Waals surface area contributed by atoms with E-state index in [0.717, 1.165) is 5.39 Å². The van der Waals surface area contributed by atoms with E-state index < -0.39 is 5.97 Å². The zero-order valence-corrected chi connectivity index (χ0v) is 13.9. The lowest BCUT2D eigenvalue weighted by Crippen LogP contribution is -2.20. The summed E-state index contributed by atoms with van der Waals surface area (Å²) in [7, 11) is 3.81. The van der Waals surface area contributed by atoms with Gasteiger partial charge in [0.25, 0.3) is 0 Å². The highest BCUT2D eigenvalue weighted by Gasteiger charge is 2.17. The van der Waals surface area contributed by atoms with Crippen molar-refractivity contribution in [1.82, 2.24) is 9.88 Å². The minimum Gasteiger partial charge on any atom is -0.461 e. The Morgan fingerprint density at radius 1 is 1.33 bits per heavy atom. The van der Waals surface area contributed by atoms with E-state index in [1.807, 2.05) is 19.0 Å². The molecule has 0 saturated carbocycles. The summed E-state index contributed by atoms with van der Waals surface area (Å²) in [5, 5.41) is 1.58. The van der Waals surface area contributed by atoms with E-state index >= 15 is 0 Å². The predicted molar refractivity (Wildman–Crippen MR) is 87.8 cm³/mol. The van der Waals surface area contributed by atoms with Crippen LogP contribution in [-0.4, -0.2) is 43.1 Å². The lowest BCUT2D eigenvalue weighted by Gasteiger charge is -2.11. The molecular weight excluding hydrogens is 335 g/mol. The number of likely N-dealkylation sites (N-methyl/N-ethyl adjacent to an activating group) is 1. The Morgan fingerprint density at radius 3 is 2.71 bits per heavy atom. The first-order chi connectivity index (χ1) is 9.49. The van der Waals surface area contributed by atoms with Crippen LogP contribution >= 0.6 is 35.6 Å². The van der Waals surface area contributed by atoms with E-state index in [0.29, 0.717) is 28.7 Å². The Morgan fingerprint density at radius 2 is 2.05 bits per heavy atom. The monoisotopic (exact) mass is 348 g/mol. The van der Waals surface area contributed by atoms with Gasteiger partial charge in [-0.05, 0) is 26.2 Å². The molecule has 0 fully saturated rings. The molecule has 2 aromatic rings. The molecule has 114 valence electrons. The lowest BCUT2D eigenvalue weighted by molar-refractivity contribution is 0.0484. The van der Waals surface area contributed by atoms with E-state index in [4.69, 9.17) is 27.9 Å². The van der Waals surface area contributed by atoms with Gasteiger partial charge in [0.1, 0.15) is 12.2 Å². The largest absolute Gasteiger partial charge is 0.461 e. The van der Waals surface area contributed by atoms with Crippen molar-refractivity contribution in [2.45, 2.75) is 0 Å². The number of nitrogens with zero attached hydrogens (tertiary/aromatic N) is 2. The normalized spacial score (nSPS) is 10.5. The van der Waals surface area contributed by atoms with Crippen molar-refractivity contribution >= 4 is 52.5 Å². The number of ether oxygens (including phenoxy) is 1. The molecule has 0 N–H and O–H groups in total. The van der Waals surface area contributed by atoms with Crippen LogP contribution in [0, 0.1) is 0 Å². The van der Waals surface area contributed by atoms with Gasteiger partial charge in [0.2, 0.25) is 0 Å².